The van der Waals surface area contributed by atoms with E-state index in [4.69, 9.17) is 5.11 Å². The summed E-state index contributed by atoms with van der Waals surface area (Å²) in [5.41, 5.74) is 3.12. The van der Waals surface area contributed by atoms with Crippen molar-refractivity contribution < 1.29 is 22.7 Å². The van der Waals surface area contributed by atoms with Gasteiger partial charge in [0.1, 0.15) is 5.82 Å². The molecule has 0 aliphatic carbocycles. The van der Waals surface area contributed by atoms with Gasteiger partial charge in [-0.15, -0.1) is 0 Å². The summed E-state index contributed by atoms with van der Waals surface area (Å²) in [6.45, 7) is 4.15. The van der Waals surface area contributed by atoms with Gasteiger partial charge in [0, 0.05) is 28.8 Å². The lowest BCUT2D eigenvalue weighted by molar-refractivity contribution is -0.137. The molecule has 2 N–H and O–H groups in total. The third-order valence-corrected chi connectivity index (χ3v) is 5.96. The lowest BCUT2D eigenvalue weighted by Crippen LogP contribution is -2.12. The van der Waals surface area contributed by atoms with Gasteiger partial charge in [-0.1, -0.05) is 0 Å². The monoisotopic (exact) mass is 390 g/mol. The van der Waals surface area contributed by atoms with Crippen LogP contribution < -0.4 is 4.72 Å². The summed E-state index contributed by atoms with van der Waals surface area (Å²) in [4.78, 5) is 10.8. The van der Waals surface area contributed by atoms with E-state index in [9.17, 15) is 17.6 Å². The van der Waals surface area contributed by atoms with E-state index < -0.39 is 21.8 Å². The van der Waals surface area contributed by atoms with Crippen LogP contribution in [-0.4, -0.2) is 24.1 Å². The number of aryl methyl sites for hydroxylation is 2. The predicted octanol–water partition coefficient (Wildman–Crippen LogP) is 3.67. The Morgan fingerprint density at radius 2 is 1.81 bits per heavy atom. The summed E-state index contributed by atoms with van der Waals surface area (Å²) < 4.78 is 42.4. The van der Waals surface area contributed by atoms with Crippen LogP contribution in [0.1, 0.15) is 17.7 Å². The second kappa shape index (κ2) is 7.03. The molecule has 1 aromatic heterocycles. The molecule has 0 fully saturated rings. The highest BCUT2D eigenvalue weighted by atomic mass is 32.2. The van der Waals surface area contributed by atoms with Crippen LogP contribution >= 0.6 is 0 Å². The first-order valence-corrected chi connectivity index (χ1v) is 9.77. The molecule has 3 rings (SSSR count). The fourth-order valence-corrected chi connectivity index (χ4v) is 4.09. The molecule has 0 aliphatic rings. The zero-order chi connectivity index (χ0) is 19.8. The lowest BCUT2D eigenvalue weighted by atomic mass is 10.1. The number of sulfonamides is 1. The summed E-state index contributed by atoms with van der Waals surface area (Å²) in [5.74, 6) is -1.39. The first-order valence-electron chi connectivity index (χ1n) is 8.28. The number of hydrogen-bond acceptors (Lipinski definition) is 3. The number of aromatic nitrogens is 1. The van der Waals surface area contributed by atoms with Crippen molar-refractivity contribution >= 4 is 32.6 Å². The van der Waals surface area contributed by atoms with Crippen molar-refractivity contribution in [3.05, 3.63) is 59.5 Å². The van der Waals surface area contributed by atoms with Crippen molar-refractivity contribution in [1.29, 1.82) is 0 Å². The van der Waals surface area contributed by atoms with E-state index >= 15 is 0 Å². The average Bonchev–Trinajstić information content (AvgIpc) is 2.84. The number of halogens is 1. The molecule has 0 amide bonds. The van der Waals surface area contributed by atoms with E-state index in [1.165, 1.54) is 12.1 Å². The van der Waals surface area contributed by atoms with Crippen LogP contribution in [0.4, 0.5) is 10.1 Å². The van der Waals surface area contributed by atoms with Gasteiger partial charge in [0.15, 0.2) is 0 Å². The Labute approximate surface area is 156 Å². The molecule has 0 unspecified atom stereocenters. The van der Waals surface area contributed by atoms with E-state index in [2.05, 4.69) is 4.72 Å². The smallest absolute Gasteiger partial charge is 0.305 e. The number of carboxylic acids is 1. The van der Waals surface area contributed by atoms with Crippen LogP contribution in [-0.2, 0) is 21.4 Å². The number of carboxylic acid groups (broad SMARTS) is 1. The normalized spacial score (nSPS) is 11.7. The van der Waals surface area contributed by atoms with Gasteiger partial charge in [-0.3, -0.25) is 9.52 Å². The minimum absolute atomic E-state index is 0.00298. The predicted molar refractivity (Wildman–Crippen MR) is 101 cm³/mol. The zero-order valence-electron chi connectivity index (χ0n) is 14.9. The Bertz CT molecular complexity index is 1120. The van der Waals surface area contributed by atoms with Crippen molar-refractivity contribution in [3.8, 4) is 0 Å². The van der Waals surface area contributed by atoms with Crippen molar-refractivity contribution in [3.63, 3.8) is 0 Å². The maximum atomic E-state index is 13.0. The number of benzene rings is 2. The summed E-state index contributed by atoms with van der Waals surface area (Å²) in [5, 5.41) is 9.77. The molecule has 0 saturated carbocycles. The number of carbonyl (C=O) groups is 1. The van der Waals surface area contributed by atoms with E-state index in [-0.39, 0.29) is 11.3 Å². The second-order valence-electron chi connectivity index (χ2n) is 6.30. The molecular formula is C19H19FN2O4S. The van der Waals surface area contributed by atoms with Gasteiger partial charge in [0.05, 0.1) is 11.3 Å². The van der Waals surface area contributed by atoms with Crippen LogP contribution in [0.2, 0.25) is 0 Å². The van der Waals surface area contributed by atoms with Gasteiger partial charge in [-0.2, -0.15) is 0 Å². The quantitative estimate of drug-likeness (QED) is 0.672. The highest BCUT2D eigenvalue weighted by molar-refractivity contribution is 7.92. The summed E-state index contributed by atoms with van der Waals surface area (Å²) in [7, 11) is -3.84. The fraction of sp³-hybridized carbons (Fsp3) is 0.211. The minimum atomic E-state index is -3.84. The SMILES string of the molecule is Cc1c(C)n(CCC(=O)O)c2ccc(NS(=O)(=O)c3ccc(F)cc3)cc12. The molecule has 0 bridgehead atoms. The van der Waals surface area contributed by atoms with Gasteiger partial charge >= 0.3 is 5.97 Å². The van der Waals surface area contributed by atoms with Crippen molar-refractivity contribution in [2.75, 3.05) is 4.72 Å². The van der Waals surface area contributed by atoms with Crippen LogP contribution in [0.25, 0.3) is 10.9 Å². The van der Waals surface area contributed by atoms with Gasteiger partial charge in [-0.25, -0.2) is 12.8 Å². The molecule has 0 radical (unpaired) electrons. The standard InChI is InChI=1S/C19H19FN2O4S/c1-12-13(2)22(10-9-19(23)24)18-8-5-15(11-17(12)18)21-27(25,26)16-6-3-14(20)4-7-16/h3-8,11,21H,9-10H2,1-2H3,(H,23,24). The molecule has 2 aromatic carbocycles. The Morgan fingerprint density at radius 3 is 2.44 bits per heavy atom. The van der Waals surface area contributed by atoms with Crippen LogP contribution in [0, 0.1) is 19.7 Å². The highest BCUT2D eigenvalue weighted by Gasteiger charge is 2.17. The van der Waals surface area contributed by atoms with Crippen molar-refractivity contribution in [2.24, 2.45) is 0 Å². The van der Waals surface area contributed by atoms with Gasteiger partial charge in [0.2, 0.25) is 0 Å². The molecule has 1 heterocycles. The molecule has 27 heavy (non-hydrogen) atoms. The molecule has 0 atom stereocenters. The van der Waals surface area contributed by atoms with Gasteiger partial charge in [-0.05, 0) is 61.9 Å². The van der Waals surface area contributed by atoms with Crippen molar-refractivity contribution in [1.82, 2.24) is 4.57 Å². The number of anilines is 1. The summed E-state index contributed by atoms with van der Waals surface area (Å²) in [6, 6.07) is 9.69. The minimum Gasteiger partial charge on any atom is -0.481 e. The molecule has 6 nitrogen and oxygen atoms in total. The largest absolute Gasteiger partial charge is 0.481 e. The Hall–Kier alpha value is -2.87. The van der Waals surface area contributed by atoms with E-state index in [0.29, 0.717) is 12.2 Å². The Kier molecular flexibility index (Phi) is 4.93. The third-order valence-electron chi connectivity index (χ3n) is 4.56. The first-order chi connectivity index (χ1) is 12.7. The average molecular weight is 390 g/mol. The number of aliphatic carboxylic acids is 1. The number of nitrogens with zero attached hydrogens (tertiary/aromatic N) is 1. The summed E-state index contributed by atoms with van der Waals surface area (Å²) in [6.07, 6.45) is 0.00298. The topological polar surface area (TPSA) is 88.4 Å². The fourth-order valence-electron chi connectivity index (χ4n) is 3.04. The number of nitrogens with one attached hydrogen (secondary N) is 1. The molecular weight excluding hydrogens is 371 g/mol. The molecule has 142 valence electrons. The van der Waals surface area contributed by atoms with Crippen LogP contribution in [0.5, 0.6) is 0 Å². The lowest BCUT2D eigenvalue weighted by Gasteiger charge is -2.09. The number of rotatable bonds is 6. The Balaban J connectivity index is 1.96. The third kappa shape index (κ3) is 3.80. The van der Waals surface area contributed by atoms with Crippen molar-refractivity contribution in [2.45, 2.75) is 31.7 Å². The summed E-state index contributed by atoms with van der Waals surface area (Å²) >= 11 is 0. The zero-order valence-corrected chi connectivity index (χ0v) is 15.7. The van der Waals surface area contributed by atoms with E-state index in [1.54, 1.807) is 18.2 Å². The maximum absolute atomic E-state index is 13.0. The highest BCUT2D eigenvalue weighted by Crippen LogP contribution is 2.29. The maximum Gasteiger partial charge on any atom is 0.305 e. The number of hydrogen-bond donors (Lipinski definition) is 2. The van der Waals surface area contributed by atoms with E-state index in [0.717, 1.165) is 34.3 Å². The van der Waals surface area contributed by atoms with Gasteiger partial charge < -0.3 is 9.67 Å². The molecule has 0 spiro atoms. The molecule has 0 aliphatic heterocycles. The van der Waals surface area contributed by atoms with Gasteiger partial charge in [0.25, 0.3) is 10.0 Å². The van der Waals surface area contributed by atoms with Crippen LogP contribution in [0.3, 0.4) is 0 Å². The molecule has 8 heteroatoms. The Morgan fingerprint density at radius 1 is 1.15 bits per heavy atom. The van der Waals surface area contributed by atoms with E-state index in [1.807, 2.05) is 18.4 Å². The molecule has 0 saturated heterocycles. The molecule has 3 aromatic rings. The number of fused-ring (bicyclic) bond motifs is 1. The first kappa shape index (κ1) is 18.9. The van der Waals surface area contributed by atoms with Crippen LogP contribution in [0.15, 0.2) is 47.4 Å². The second-order valence-corrected chi connectivity index (χ2v) is 7.98.